The standard InChI is InChI=1S/C27H21Br2N3O4/c1-2-35-24-13-18(11-22(29)25(24)36-16-20-6-4-3-5-19(20)14-30)12-23-26(33)32(27(34)31-23)15-17-7-9-21(28)10-8-17/h3-13H,2,15-16H2,1H3,(H,31,34)/b23-12+. The van der Waals surface area contributed by atoms with Crippen LogP contribution in [0.1, 0.15) is 29.2 Å². The minimum absolute atomic E-state index is 0.167. The number of urea groups is 1. The third-order valence-corrected chi connectivity index (χ3v) is 6.49. The van der Waals surface area contributed by atoms with Crippen molar-refractivity contribution in [1.29, 1.82) is 5.26 Å². The molecule has 1 fully saturated rings. The highest BCUT2D eigenvalue weighted by molar-refractivity contribution is 9.10. The molecule has 4 rings (SSSR count). The minimum atomic E-state index is -0.477. The molecule has 0 bridgehead atoms. The maximum Gasteiger partial charge on any atom is 0.329 e. The van der Waals surface area contributed by atoms with Gasteiger partial charge in [-0.1, -0.05) is 46.3 Å². The van der Waals surface area contributed by atoms with E-state index in [9.17, 15) is 14.9 Å². The maximum absolute atomic E-state index is 12.9. The zero-order valence-electron chi connectivity index (χ0n) is 19.3. The number of nitriles is 1. The number of rotatable bonds is 8. The van der Waals surface area contributed by atoms with Crippen LogP contribution in [0.15, 0.2) is 75.3 Å². The van der Waals surface area contributed by atoms with Gasteiger partial charge in [-0.15, -0.1) is 0 Å². The van der Waals surface area contributed by atoms with Crippen molar-refractivity contribution in [1.82, 2.24) is 10.2 Å². The summed E-state index contributed by atoms with van der Waals surface area (Å²) < 4.78 is 13.3. The second kappa shape index (κ2) is 11.4. The predicted octanol–water partition coefficient (Wildman–Crippen LogP) is 6.15. The van der Waals surface area contributed by atoms with Crippen molar-refractivity contribution < 1.29 is 19.1 Å². The normalized spacial score (nSPS) is 14.1. The molecule has 9 heteroatoms. The number of carbonyl (C=O) groups is 2. The van der Waals surface area contributed by atoms with Crippen LogP contribution in [0.5, 0.6) is 11.5 Å². The maximum atomic E-state index is 12.9. The molecule has 182 valence electrons. The van der Waals surface area contributed by atoms with Crippen LogP contribution in [0, 0.1) is 11.3 Å². The highest BCUT2D eigenvalue weighted by Crippen LogP contribution is 2.38. The zero-order valence-corrected chi connectivity index (χ0v) is 22.4. The van der Waals surface area contributed by atoms with Crippen LogP contribution in [0.2, 0.25) is 0 Å². The molecule has 0 radical (unpaired) electrons. The van der Waals surface area contributed by atoms with Crippen molar-refractivity contribution in [2.75, 3.05) is 6.61 Å². The van der Waals surface area contributed by atoms with E-state index < -0.39 is 11.9 Å². The number of hydrogen-bond acceptors (Lipinski definition) is 5. The second-order valence-electron chi connectivity index (χ2n) is 7.83. The lowest BCUT2D eigenvalue weighted by molar-refractivity contribution is -0.123. The van der Waals surface area contributed by atoms with Crippen molar-refractivity contribution in [2.24, 2.45) is 0 Å². The summed E-state index contributed by atoms with van der Waals surface area (Å²) in [6, 6.07) is 19.8. The van der Waals surface area contributed by atoms with Crippen molar-refractivity contribution in [3.8, 4) is 17.6 Å². The monoisotopic (exact) mass is 609 g/mol. The molecule has 0 spiro atoms. The quantitative estimate of drug-likeness (QED) is 0.244. The molecular formula is C27H21Br2N3O4. The fraction of sp³-hybridized carbons (Fsp3) is 0.148. The molecule has 0 aromatic heterocycles. The lowest BCUT2D eigenvalue weighted by Crippen LogP contribution is -2.30. The first-order valence-corrected chi connectivity index (χ1v) is 12.6. The molecule has 3 aromatic rings. The van der Waals surface area contributed by atoms with Gasteiger partial charge >= 0.3 is 6.03 Å². The van der Waals surface area contributed by atoms with Gasteiger partial charge in [-0.05, 0) is 70.4 Å². The molecule has 7 nitrogen and oxygen atoms in total. The molecule has 1 aliphatic heterocycles. The fourth-order valence-electron chi connectivity index (χ4n) is 3.63. The van der Waals surface area contributed by atoms with Gasteiger partial charge in [0.05, 0.1) is 29.3 Å². The van der Waals surface area contributed by atoms with Crippen LogP contribution < -0.4 is 14.8 Å². The van der Waals surface area contributed by atoms with Gasteiger partial charge in [-0.3, -0.25) is 9.69 Å². The first kappa shape index (κ1) is 25.5. The molecule has 3 aromatic carbocycles. The molecule has 1 aliphatic rings. The molecule has 0 atom stereocenters. The minimum Gasteiger partial charge on any atom is -0.490 e. The van der Waals surface area contributed by atoms with Crippen LogP contribution in [0.25, 0.3) is 6.08 Å². The lowest BCUT2D eigenvalue weighted by Gasteiger charge is -2.15. The van der Waals surface area contributed by atoms with Crippen molar-refractivity contribution in [3.05, 3.63) is 97.6 Å². The van der Waals surface area contributed by atoms with Crippen LogP contribution in [-0.2, 0) is 17.9 Å². The largest absolute Gasteiger partial charge is 0.490 e. The Morgan fingerprint density at radius 3 is 2.53 bits per heavy atom. The van der Waals surface area contributed by atoms with E-state index in [0.29, 0.717) is 33.7 Å². The van der Waals surface area contributed by atoms with Crippen LogP contribution in [-0.4, -0.2) is 23.4 Å². The van der Waals surface area contributed by atoms with Crippen LogP contribution in [0.4, 0.5) is 4.79 Å². The smallest absolute Gasteiger partial charge is 0.329 e. The zero-order chi connectivity index (χ0) is 25.7. The third kappa shape index (κ3) is 5.78. The van der Waals surface area contributed by atoms with E-state index >= 15 is 0 Å². The van der Waals surface area contributed by atoms with E-state index in [4.69, 9.17) is 9.47 Å². The van der Waals surface area contributed by atoms with Gasteiger partial charge in [0.25, 0.3) is 5.91 Å². The molecule has 0 aliphatic carbocycles. The van der Waals surface area contributed by atoms with Crippen LogP contribution in [0.3, 0.4) is 0 Å². The third-order valence-electron chi connectivity index (χ3n) is 5.37. The highest BCUT2D eigenvalue weighted by Gasteiger charge is 2.33. The lowest BCUT2D eigenvalue weighted by atomic mass is 10.1. The summed E-state index contributed by atoms with van der Waals surface area (Å²) in [5, 5.41) is 12.0. The van der Waals surface area contributed by atoms with Gasteiger partial charge in [-0.25, -0.2) is 4.79 Å². The van der Waals surface area contributed by atoms with Gasteiger partial charge in [0.1, 0.15) is 12.3 Å². The Kier molecular flexibility index (Phi) is 8.08. The second-order valence-corrected chi connectivity index (χ2v) is 9.60. The topological polar surface area (TPSA) is 91.7 Å². The molecule has 1 heterocycles. The number of nitrogens with one attached hydrogen (secondary N) is 1. The predicted molar refractivity (Wildman–Crippen MR) is 142 cm³/mol. The Labute approximate surface area is 225 Å². The molecule has 3 amide bonds. The van der Waals surface area contributed by atoms with Crippen LogP contribution >= 0.6 is 31.9 Å². The van der Waals surface area contributed by atoms with E-state index in [1.807, 2.05) is 43.3 Å². The molecule has 36 heavy (non-hydrogen) atoms. The molecule has 0 saturated carbocycles. The number of ether oxygens (including phenoxy) is 2. The molecule has 1 saturated heterocycles. The average molecular weight is 611 g/mol. The van der Waals surface area contributed by atoms with E-state index in [0.717, 1.165) is 20.5 Å². The van der Waals surface area contributed by atoms with Gasteiger partial charge in [0.2, 0.25) is 0 Å². The van der Waals surface area contributed by atoms with E-state index in [2.05, 4.69) is 43.2 Å². The van der Waals surface area contributed by atoms with Gasteiger partial charge in [0.15, 0.2) is 11.5 Å². The van der Waals surface area contributed by atoms with Gasteiger partial charge < -0.3 is 14.8 Å². The molecule has 0 unspecified atom stereocenters. The average Bonchev–Trinajstić information content (AvgIpc) is 3.12. The Balaban J connectivity index is 1.56. The number of halogens is 2. The summed E-state index contributed by atoms with van der Waals surface area (Å²) in [6.07, 6.45) is 1.60. The summed E-state index contributed by atoms with van der Waals surface area (Å²) in [6.45, 7) is 2.60. The highest BCUT2D eigenvalue weighted by atomic mass is 79.9. The van der Waals surface area contributed by atoms with Crippen molar-refractivity contribution in [2.45, 2.75) is 20.1 Å². The Hall–Kier alpha value is -3.61. The Morgan fingerprint density at radius 2 is 1.81 bits per heavy atom. The summed E-state index contributed by atoms with van der Waals surface area (Å²) in [5.74, 6) is 0.535. The summed E-state index contributed by atoms with van der Waals surface area (Å²) in [7, 11) is 0. The summed E-state index contributed by atoms with van der Waals surface area (Å²) >= 11 is 6.91. The van der Waals surface area contributed by atoms with Gasteiger partial charge in [-0.2, -0.15) is 5.26 Å². The van der Waals surface area contributed by atoms with E-state index in [-0.39, 0.29) is 18.8 Å². The number of hydrogen-bond donors (Lipinski definition) is 1. The number of nitrogens with zero attached hydrogens (tertiary/aromatic N) is 2. The number of benzene rings is 3. The summed E-state index contributed by atoms with van der Waals surface area (Å²) in [4.78, 5) is 26.6. The van der Waals surface area contributed by atoms with E-state index in [1.165, 1.54) is 0 Å². The Morgan fingerprint density at radius 1 is 1.06 bits per heavy atom. The fourth-order valence-corrected chi connectivity index (χ4v) is 4.47. The number of imide groups is 1. The molecule has 1 N–H and O–H groups in total. The SMILES string of the molecule is CCOc1cc(/C=C2/NC(=O)N(Cc3ccc(Br)cc3)C2=O)cc(Br)c1OCc1ccccc1C#N. The molecular weight excluding hydrogens is 590 g/mol. The number of amides is 3. The first-order chi connectivity index (χ1) is 17.4. The summed E-state index contributed by atoms with van der Waals surface area (Å²) in [5.41, 5.74) is 2.94. The Bertz CT molecular complexity index is 1380. The number of carbonyl (C=O) groups excluding carboxylic acids is 2. The first-order valence-electron chi connectivity index (χ1n) is 11.1. The van der Waals surface area contributed by atoms with Gasteiger partial charge in [0, 0.05) is 10.0 Å². The van der Waals surface area contributed by atoms with E-state index in [1.54, 1.807) is 30.3 Å². The van der Waals surface area contributed by atoms with Crippen molar-refractivity contribution in [3.63, 3.8) is 0 Å². The van der Waals surface area contributed by atoms with Crippen molar-refractivity contribution >= 4 is 49.9 Å².